The molecule has 0 heterocycles. The fourth-order valence-electron chi connectivity index (χ4n) is 1.92. The lowest BCUT2D eigenvalue weighted by Crippen LogP contribution is -2.19. The summed E-state index contributed by atoms with van der Waals surface area (Å²) in [5, 5.41) is 8.94. The van der Waals surface area contributed by atoms with Crippen molar-refractivity contribution in [2.75, 3.05) is 0 Å². The summed E-state index contributed by atoms with van der Waals surface area (Å²) in [6, 6.07) is 2.95. The Morgan fingerprint density at radius 3 is 2.39 bits per heavy atom. The molecule has 0 spiro atoms. The SMILES string of the molecule is O=C(O)C1(Cc2cccc(C(F)(F)F)c2F)CC1. The Morgan fingerprint density at radius 1 is 1.33 bits per heavy atom. The van der Waals surface area contributed by atoms with Crippen LogP contribution < -0.4 is 0 Å². The van der Waals surface area contributed by atoms with Crippen molar-refractivity contribution < 1.29 is 27.5 Å². The van der Waals surface area contributed by atoms with Gasteiger partial charge in [-0.25, -0.2) is 4.39 Å². The number of aliphatic carboxylic acids is 1. The molecule has 0 radical (unpaired) electrons. The molecule has 1 aromatic rings. The summed E-state index contributed by atoms with van der Waals surface area (Å²) in [5.41, 5.74) is -2.61. The van der Waals surface area contributed by atoms with E-state index in [4.69, 9.17) is 5.11 Å². The van der Waals surface area contributed by atoms with Crippen LogP contribution in [0.2, 0.25) is 0 Å². The molecule has 1 N–H and O–H groups in total. The maximum absolute atomic E-state index is 13.7. The van der Waals surface area contributed by atoms with Crippen LogP contribution in [0.25, 0.3) is 0 Å². The van der Waals surface area contributed by atoms with Crippen molar-refractivity contribution in [3.8, 4) is 0 Å². The van der Waals surface area contributed by atoms with Crippen LogP contribution in [0, 0.1) is 11.2 Å². The highest BCUT2D eigenvalue weighted by Crippen LogP contribution is 2.49. The summed E-state index contributed by atoms with van der Waals surface area (Å²) in [6.45, 7) is 0. The van der Waals surface area contributed by atoms with Gasteiger partial charge < -0.3 is 5.11 Å². The lowest BCUT2D eigenvalue weighted by Gasteiger charge is -2.14. The van der Waals surface area contributed by atoms with Gasteiger partial charge in [-0.3, -0.25) is 4.79 Å². The van der Waals surface area contributed by atoms with Gasteiger partial charge in [0.1, 0.15) is 5.82 Å². The summed E-state index contributed by atoms with van der Waals surface area (Å²) in [6.07, 6.45) is -4.21. The molecule has 1 aliphatic carbocycles. The van der Waals surface area contributed by atoms with Crippen molar-refractivity contribution in [2.24, 2.45) is 5.41 Å². The van der Waals surface area contributed by atoms with Gasteiger partial charge in [0.05, 0.1) is 11.0 Å². The summed E-state index contributed by atoms with van der Waals surface area (Å²) in [7, 11) is 0. The summed E-state index contributed by atoms with van der Waals surface area (Å²) in [5.74, 6) is -2.45. The zero-order chi connectivity index (χ0) is 13.6. The van der Waals surface area contributed by atoms with Crippen LogP contribution in [-0.2, 0) is 17.4 Å². The fourth-order valence-corrected chi connectivity index (χ4v) is 1.92. The number of hydrogen-bond acceptors (Lipinski definition) is 1. The largest absolute Gasteiger partial charge is 0.481 e. The van der Waals surface area contributed by atoms with Gasteiger partial charge in [-0.2, -0.15) is 13.2 Å². The van der Waals surface area contributed by atoms with E-state index in [0.29, 0.717) is 18.9 Å². The van der Waals surface area contributed by atoms with Gasteiger partial charge in [0.25, 0.3) is 0 Å². The number of hydrogen-bond donors (Lipinski definition) is 1. The number of alkyl halides is 3. The third kappa shape index (κ3) is 2.19. The number of carboxylic acids is 1. The highest BCUT2D eigenvalue weighted by molar-refractivity contribution is 5.78. The quantitative estimate of drug-likeness (QED) is 0.849. The van der Waals surface area contributed by atoms with Gasteiger partial charge in [-0.1, -0.05) is 12.1 Å². The van der Waals surface area contributed by atoms with Gasteiger partial charge in [0.15, 0.2) is 0 Å². The number of carbonyl (C=O) groups is 1. The Morgan fingerprint density at radius 2 is 1.94 bits per heavy atom. The molecule has 0 bridgehead atoms. The Labute approximate surface area is 100 Å². The van der Waals surface area contributed by atoms with Crippen molar-refractivity contribution in [1.82, 2.24) is 0 Å². The predicted octanol–water partition coefficient (Wildman–Crippen LogP) is 3.25. The number of halogens is 4. The normalized spacial score (nSPS) is 17.6. The summed E-state index contributed by atoms with van der Waals surface area (Å²) >= 11 is 0. The van der Waals surface area contributed by atoms with E-state index in [0.717, 1.165) is 6.07 Å². The molecule has 0 amide bonds. The van der Waals surface area contributed by atoms with Gasteiger partial charge in [-0.05, 0) is 30.9 Å². The molecule has 0 saturated heterocycles. The first-order valence-electron chi connectivity index (χ1n) is 5.34. The van der Waals surface area contributed by atoms with E-state index in [1.165, 1.54) is 6.07 Å². The minimum Gasteiger partial charge on any atom is -0.481 e. The molecule has 18 heavy (non-hydrogen) atoms. The van der Waals surface area contributed by atoms with Crippen LogP contribution >= 0.6 is 0 Å². The molecular formula is C12H10F4O2. The lowest BCUT2D eigenvalue weighted by atomic mass is 9.95. The Balaban J connectivity index is 2.33. The van der Waals surface area contributed by atoms with Crippen LogP contribution in [0.4, 0.5) is 17.6 Å². The standard InChI is InChI=1S/C12H10F4O2/c13-9-7(6-11(4-5-11)10(17)18)2-1-3-8(9)12(14,15)16/h1-3H,4-6H2,(H,17,18). The number of rotatable bonds is 3. The van der Waals surface area contributed by atoms with Crippen LogP contribution in [0.1, 0.15) is 24.0 Å². The molecule has 2 nitrogen and oxygen atoms in total. The van der Waals surface area contributed by atoms with Gasteiger partial charge >= 0.3 is 12.1 Å². The van der Waals surface area contributed by atoms with E-state index in [9.17, 15) is 22.4 Å². The first-order valence-corrected chi connectivity index (χ1v) is 5.34. The second-order valence-corrected chi connectivity index (χ2v) is 4.54. The third-order valence-corrected chi connectivity index (χ3v) is 3.22. The van der Waals surface area contributed by atoms with Gasteiger partial charge in [0, 0.05) is 0 Å². The van der Waals surface area contributed by atoms with E-state index in [1.807, 2.05) is 0 Å². The van der Waals surface area contributed by atoms with Crippen molar-refractivity contribution in [3.63, 3.8) is 0 Å². The van der Waals surface area contributed by atoms with E-state index in [1.54, 1.807) is 0 Å². The van der Waals surface area contributed by atoms with Crippen LogP contribution in [0.3, 0.4) is 0 Å². The average molecular weight is 262 g/mol. The first-order chi connectivity index (χ1) is 8.26. The molecule has 2 rings (SSSR count). The Kier molecular flexibility index (Phi) is 2.83. The second kappa shape index (κ2) is 3.96. The van der Waals surface area contributed by atoms with Crippen molar-refractivity contribution in [1.29, 1.82) is 0 Å². The van der Waals surface area contributed by atoms with E-state index in [-0.39, 0.29) is 12.0 Å². The summed E-state index contributed by atoms with van der Waals surface area (Å²) < 4.78 is 51.1. The van der Waals surface area contributed by atoms with E-state index < -0.39 is 28.9 Å². The van der Waals surface area contributed by atoms with Gasteiger partial charge in [-0.15, -0.1) is 0 Å². The van der Waals surface area contributed by atoms with Crippen LogP contribution in [0.15, 0.2) is 18.2 Å². The molecule has 1 saturated carbocycles. The summed E-state index contributed by atoms with van der Waals surface area (Å²) in [4.78, 5) is 10.9. The molecule has 0 atom stereocenters. The minimum atomic E-state index is -4.76. The molecule has 0 unspecified atom stereocenters. The van der Waals surface area contributed by atoms with Crippen LogP contribution in [-0.4, -0.2) is 11.1 Å². The van der Waals surface area contributed by atoms with Gasteiger partial charge in [0.2, 0.25) is 0 Å². The van der Waals surface area contributed by atoms with E-state index >= 15 is 0 Å². The monoisotopic (exact) mass is 262 g/mol. The predicted molar refractivity (Wildman–Crippen MR) is 54.4 cm³/mol. The van der Waals surface area contributed by atoms with Crippen LogP contribution in [0.5, 0.6) is 0 Å². The zero-order valence-electron chi connectivity index (χ0n) is 9.22. The fraction of sp³-hybridized carbons (Fsp3) is 0.417. The van der Waals surface area contributed by atoms with E-state index in [2.05, 4.69) is 0 Å². The lowest BCUT2D eigenvalue weighted by molar-refractivity contribution is -0.143. The first kappa shape index (κ1) is 12.9. The topological polar surface area (TPSA) is 37.3 Å². The third-order valence-electron chi connectivity index (χ3n) is 3.22. The Hall–Kier alpha value is -1.59. The average Bonchev–Trinajstić information content (AvgIpc) is 3.00. The molecule has 1 aliphatic rings. The molecular weight excluding hydrogens is 252 g/mol. The Bertz CT molecular complexity index is 489. The highest BCUT2D eigenvalue weighted by atomic mass is 19.4. The molecule has 0 aliphatic heterocycles. The second-order valence-electron chi connectivity index (χ2n) is 4.54. The maximum Gasteiger partial charge on any atom is 0.419 e. The minimum absolute atomic E-state index is 0.190. The van der Waals surface area contributed by atoms with Crippen molar-refractivity contribution >= 4 is 5.97 Å². The zero-order valence-corrected chi connectivity index (χ0v) is 9.22. The highest BCUT2D eigenvalue weighted by Gasteiger charge is 2.50. The molecule has 1 aromatic carbocycles. The number of benzene rings is 1. The van der Waals surface area contributed by atoms with Crippen molar-refractivity contribution in [2.45, 2.75) is 25.4 Å². The molecule has 0 aromatic heterocycles. The number of carboxylic acid groups (broad SMARTS) is 1. The maximum atomic E-state index is 13.7. The molecule has 98 valence electrons. The molecule has 6 heteroatoms. The smallest absolute Gasteiger partial charge is 0.419 e. The molecule has 1 fully saturated rings. The van der Waals surface area contributed by atoms with Crippen molar-refractivity contribution in [3.05, 3.63) is 35.1 Å².